The van der Waals surface area contributed by atoms with E-state index in [4.69, 9.17) is 11.6 Å². The van der Waals surface area contributed by atoms with Crippen molar-refractivity contribution in [2.45, 2.75) is 51.6 Å². The van der Waals surface area contributed by atoms with Crippen LogP contribution in [-0.2, 0) is 6.54 Å². The first kappa shape index (κ1) is 15.3. The molecule has 110 valence electrons. The molecule has 0 aliphatic heterocycles. The predicted octanol–water partition coefficient (Wildman–Crippen LogP) is 4.19. The molecule has 0 spiro atoms. The molecule has 1 N–H and O–H groups in total. The molecular formula is C16H22ClNO2. The van der Waals surface area contributed by atoms with Gasteiger partial charge in [0.15, 0.2) is 0 Å². The second kappa shape index (κ2) is 7.09. The van der Waals surface area contributed by atoms with Gasteiger partial charge in [-0.05, 0) is 37.1 Å². The lowest BCUT2D eigenvalue weighted by molar-refractivity contribution is 0.0693. The highest BCUT2D eigenvalue weighted by Crippen LogP contribution is 2.27. The maximum atomic E-state index is 11.3. The summed E-state index contributed by atoms with van der Waals surface area (Å²) in [6, 6.07) is 5.68. The Bertz CT molecular complexity index is 470. The SMILES string of the molecule is CCN(Cc1c(Cl)cccc1C(=O)O)C1CCCCC1. The van der Waals surface area contributed by atoms with Crippen molar-refractivity contribution in [3.05, 3.63) is 34.3 Å². The van der Waals surface area contributed by atoms with Crippen LogP contribution in [0.5, 0.6) is 0 Å². The number of hydrogen-bond donors (Lipinski definition) is 1. The summed E-state index contributed by atoms with van der Waals surface area (Å²) in [5.41, 5.74) is 1.07. The molecule has 1 aliphatic rings. The van der Waals surface area contributed by atoms with Gasteiger partial charge in [0, 0.05) is 17.6 Å². The number of carboxylic acid groups (broad SMARTS) is 1. The van der Waals surface area contributed by atoms with E-state index in [1.807, 2.05) is 0 Å². The van der Waals surface area contributed by atoms with Gasteiger partial charge in [-0.1, -0.05) is 43.9 Å². The van der Waals surface area contributed by atoms with Crippen LogP contribution in [0.4, 0.5) is 0 Å². The van der Waals surface area contributed by atoms with E-state index in [1.54, 1.807) is 18.2 Å². The van der Waals surface area contributed by atoms with Crippen LogP contribution in [0, 0.1) is 0 Å². The molecule has 1 aliphatic carbocycles. The Hall–Kier alpha value is -1.06. The van der Waals surface area contributed by atoms with Crippen molar-refractivity contribution in [1.82, 2.24) is 4.90 Å². The number of carbonyl (C=O) groups is 1. The third-order valence-electron chi connectivity index (χ3n) is 4.21. The largest absolute Gasteiger partial charge is 0.478 e. The Morgan fingerprint density at radius 2 is 2.05 bits per heavy atom. The fraction of sp³-hybridized carbons (Fsp3) is 0.562. The fourth-order valence-corrected chi connectivity index (χ4v) is 3.30. The fourth-order valence-electron chi connectivity index (χ4n) is 3.07. The van der Waals surface area contributed by atoms with Gasteiger partial charge in [-0.25, -0.2) is 4.79 Å². The number of hydrogen-bond acceptors (Lipinski definition) is 2. The van der Waals surface area contributed by atoms with E-state index < -0.39 is 5.97 Å². The van der Waals surface area contributed by atoms with E-state index in [9.17, 15) is 9.90 Å². The van der Waals surface area contributed by atoms with Gasteiger partial charge in [-0.2, -0.15) is 0 Å². The van der Waals surface area contributed by atoms with Crippen molar-refractivity contribution in [2.24, 2.45) is 0 Å². The summed E-state index contributed by atoms with van der Waals surface area (Å²) in [7, 11) is 0. The van der Waals surface area contributed by atoms with E-state index in [0.29, 0.717) is 23.2 Å². The van der Waals surface area contributed by atoms with Gasteiger partial charge in [0.2, 0.25) is 0 Å². The molecule has 1 aromatic rings. The summed E-state index contributed by atoms with van der Waals surface area (Å²) >= 11 is 6.22. The van der Waals surface area contributed by atoms with Crippen molar-refractivity contribution in [3.63, 3.8) is 0 Å². The van der Waals surface area contributed by atoms with Gasteiger partial charge in [0.05, 0.1) is 5.56 Å². The van der Waals surface area contributed by atoms with Crippen molar-refractivity contribution in [1.29, 1.82) is 0 Å². The van der Waals surface area contributed by atoms with E-state index in [1.165, 1.54) is 32.1 Å². The van der Waals surface area contributed by atoms with Gasteiger partial charge in [-0.15, -0.1) is 0 Å². The third-order valence-corrected chi connectivity index (χ3v) is 4.56. The molecule has 2 rings (SSSR count). The molecule has 0 radical (unpaired) electrons. The highest BCUT2D eigenvalue weighted by atomic mass is 35.5. The molecule has 0 unspecified atom stereocenters. The van der Waals surface area contributed by atoms with E-state index in [0.717, 1.165) is 12.1 Å². The van der Waals surface area contributed by atoms with Gasteiger partial charge in [0.1, 0.15) is 0 Å². The lowest BCUT2D eigenvalue weighted by Gasteiger charge is -2.34. The minimum Gasteiger partial charge on any atom is -0.478 e. The Kier molecular flexibility index (Phi) is 5.44. The van der Waals surface area contributed by atoms with Crippen LogP contribution in [0.25, 0.3) is 0 Å². The van der Waals surface area contributed by atoms with Gasteiger partial charge in [-0.3, -0.25) is 4.90 Å². The molecule has 1 fully saturated rings. The first-order chi connectivity index (χ1) is 9.63. The number of rotatable bonds is 5. The second-order valence-electron chi connectivity index (χ2n) is 5.43. The van der Waals surface area contributed by atoms with Crippen molar-refractivity contribution in [2.75, 3.05) is 6.54 Å². The highest BCUT2D eigenvalue weighted by Gasteiger charge is 2.22. The van der Waals surface area contributed by atoms with E-state index in [-0.39, 0.29) is 0 Å². The van der Waals surface area contributed by atoms with E-state index in [2.05, 4.69) is 11.8 Å². The Morgan fingerprint density at radius 1 is 1.35 bits per heavy atom. The lowest BCUT2D eigenvalue weighted by Crippen LogP contribution is -2.36. The van der Waals surface area contributed by atoms with Crippen LogP contribution in [0.15, 0.2) is 18.2 Å². The highest BCUT2D eigenvalue weighted by molar-refractivity contribution is 6.31. The standard InChI is InChI=1S/C16H22ClNO2/c1-2-18(12-7-4-3-5-8-12)11-14-13(16(19)20)9-6-10-15(14)17/h6,9-10,12H,2-5,7-8,11H2,1H3,(H,19,20). The zero-order valence-electron chi connectivity index (χ0n) is 11.9. The van der Waals surface area contributed by atoms with Crippen LogP contribution in [0.1, 0.15) is 54.9 Å². The zero-order valence-corrected chi connectivity index (χ0v) is 12.7. The first-order valence-electron chi connectivity index (χ1n) is 7.38. The molecule has 0 atom stereocenters. The Morgan fingerprint density at radius 3 is 2.65 bits per heavy atom. The monoisotopic (exact) mass is 295 g/mol. The lowest BCUT2D eigenvalue weighted by atomic mass is 9.93. The summed E-state index contributed by atoms with van der Waals surface area (Å²) in [6.07, 6.45) is 6.28. The molecule has 0 amide bonds. The van der Waals surface area contributed by atoms with Gasteiger partial charge >= 0.3 is 5.97 Å². The number of aromatic carboxylic acids is 1. The number of carboxylic acids is 1. The minimum atomic E-state index is -0.901. The zero-order chi connectivity index (χ0) is 14.5. The quantitative estimate of drug-likeness (QED) is 0.885. The van der Waals surface area contributed by atoms with Crippen LogP contribution < -0.4 is 0 Å². The van der Waals surface area contributed by atoms with Crippen LogP contribution in [0.3, 0.4) is 0 Å². The van der Waals surface area contributed by atoms with Crippen molar-refractivity contribution < 1.29 is 9.90 Å². The van der Waals surface area contributed by atoms with Crippen LogP contribution >= 0.6 is 11.6 Å². The first-order valence-corrected chi connectivity index (χ1v) is 7.76. The van der Waals surface area contributed by atoms with Gasteiger partial charge < -0.3 is 5.11 Å². The average molecular weight is 296 g/mol. The average Bonchev–Trinajstić information content (AvgIpc) is 2.46. The second-order valence-corrected chi connectivity index (χ2v) is 5.83. The molecule has 0 saturated heterocycles. The maximum Gasteiger partial charge on any atom is 0.336 e. The minimum absolute atomic E-state index is 0.326. The van der Waals surface area contributed by atoms with Crippen LogP contribution in [-0.4, -0.2) is 28.6 Å². The van der Waals surface area contributed by atoms with E-state index >= 15 is 0 Å². The molecule has 1 saturated carbocycles. The summed E-state index contributed by atoms with van der Waals surface area (Å²) in [5, 5.41) is 9.86. The maximum absolute atomic E-state index is 11.3. The van der Waals surface area contributed by atoms with Crippen molar-refractivity contribution >= 4 is 17.6 Å². The molecule has 20 heavy (non-hydrogen) atoms. The third kappa shape index (κ3) is 3.53. The number of nitrogens with zero attached hydrogens (tertiary/aromatic N) is 1. The summed E-state index contributed by atoms with van der Waals surface area (Å²) in [4.78, 5) is 13.7. The van der Waals surface area contributed by atoms with Gasteiger partial charge in [0.25, 0.3) is 0 Å². The molecule has 4 heteroatoms. The number of halogens is 1. The van der Waals surface area contributed by atoms with Crippen LogP contribution in [0.2, 0.25) is 5.02 Å². The Balaban J connectivity index is 2.20. The summed E-state index contributed by atoms with van der Waals surface area (Å²) < 4.78 is 0. The molecule has 3 nitrogen and oxygen atoms in total. The molecule has 0 aromatic heterocycles. The Labute approximate surface area is 125 Å². The predicted molar refractivity (Wildman–Crippen MR) is 81.4 cm³/mol. The molecule has 0 bridgehead atoms. The molecule has 1 aromatic carbocycles. The number of benzene rings is 1. The topological polar surface area (TPSA) is 40.5 Å². The molecular weight excluding hydrogens is 274 g/mol. The van der Waals surface area contributed by atoms with Crippen molar-refractivity contribution in [3.8, 4) is 0 Å². The smallest absolute Gasteiger partial charge is 0.336 e. The summed E-state index contributed by atoms with van der Waals surface area (Å²) in [6.45, 7) is 3.68. The summed E-state index contributed by atoms with van der Waals surface area (Å²) in [5.74, 6) is -0.901. The molecule has 0 heterocycles. The normalized spacial score (nSPS) is 16.6.